The van der Waals surface area contributed by atoms with Gasteiger partial charge in [0, 0.05) is 10.9 Å². The molecule has 17 heavy (non-hydrogen) atoms. The Morgan fingerprint density at radius 3 is 2.76 bits per heavy atom. The molecule has 0 aliphatic carbocycles. The van der Waals surface area contributed by atoms with Crippen LogP contribution in [0.25, 0.3) is 0 Å². The van der Waals surface area contributed by atoms with Gasteiger partial charge in [-0.2, -0.15) is 0 Å². The van der Waals surface area contributed by atoms with Gasteiger partial charge < -0.3 is 5.32 Å². The molecule has 0 amide bonds. The molecule has 2 rings (SSSR count). The fourth-order valence-corrected chi connectivity index (χ4v) is 2.68. The van der Waals surface area contributed by atoms with E-state index >= 15 is 0 Å². The van der Waals surface area contributed by atoms with Crippen LogP contribution >= 0.6 is 11.3 Å². The van der Waals surface area contributed by atoms with Crippen LogP contribution in [-0.4, -0.2) is 13.1 Å². The van der Waals surface area contributed by atoms with E-state index in [9.17, 15) is 4.39 Å². The summed E-state index contributed by atoms with van der Waals surface area (Å²) in [5.74, 6) is -0.159. The molecule has 0 bridgehead atoms. The number of benzene rings is 1. The summed E-state index contributed by atoms with van der Waals surface area (Å²) in [6, 6.07) is 11.4. The smallest absolute Gasteiger partial charge is 0.123 e. The molecule has 2 aromatic rings. The van der Waals surface area contributed by atoms with Gasteiger partial charge in [-0.05, 0) is 49.0 Å². The van der Waals surface area contributed by atoms with Crippen molar-refractivity contribution in [1.29, 1.82) is 0 Å². The molecular formula is C14H16FNS. The second-order valence-electron chi connectivity index (χ2n) is 4.10. The van der Waals surface area contributed by atoms with Gasteiger partial charge in [-0.3, -0.25) is 0 Å². The molecule has 0 fully saturated rings. The molecule has 0 radical (unpaired) electrons. The van der Waals surface area contributed by atoms with Crippen molar-refractivity contribution < 1.29 is 4.39 Å². The van der Waals surface area contributed by atoms with Gasteiger partial charge in [0.2, 0.25) is 0 Å². The first-order chi connectivity index (χ1) is 8.28. The van der Waals surface area contributed by atoms with Gasteiger partial charge in [-0.1, -0.05) is 18.2 Å². The molecule has 1 unspecified atom stereocenters. The molecule has 90 valence electrons. The van der Waals surface area contributed by atoms with E-state index in [1.807, 2.05) is 13.1 Å². The third-order valence-corrected chi connectivity index (χ3v) is 3.71. The molecule has 1 aromatic carbocycles. The van der Waals surface area contributed by atoms with E-state index in [2.05, 4.69) is 22.8 Å². The maximum absolute atomic E-state index is 13.1. The highest BCUT2D eigenvalue weighted by molar-refractivity contribution is 7.09. The zero-order valence-electron chi connectivity index (χ0n) is 9.82. The van der Waals surface area contributed by atoms with Gasteiger partial charge in [0.1, 0.15) is 5.82 Å². The van der Waals surface area contributed by atoms with Crippen LogP contribution in [0.3, 0.4) is 0 Å². The number of hydrogen-bond donors (Lipinski definition) is 1. The van der Waals surface area contributed by atoms with Gasteiger partial charge in [0.15, 0.2) is 0 Å². The first kappa shape index (κ1) is 12.3. The maximum atomic E-state index is 13.1. The quantitative estimate of drug-likeness (QED) is 0.857. The SMILES string of the molecule is CNC(Cc1cccc(F)c1)Cc1cccs1. The second-order valence-corrected chi connectivity index (χ2v) is 5.14. The molecule has 0 saturated carbocycles. The highest BCUT2D eigenvalue weighted by atomic mass is 32.1. The van der Waals surface area contributed by atoms with Crippen LogP contribution in [0.2, 0.25) is 0 Å². The van der Waals surface area contributed by atoms with Crippen molar-refractivity contribution >= 4 is 11.3 Å². The lowest BCUT2D eigenvalue weighted by Crippen LogP contribution is -2.29. The monoisotopic (exact) mass is 249 g/mol. The van der Waals surface area contributed by atoms with E-state index in [1.165, 1.54) is 10.9 Å². The minimum Gasteiger partial charge on any atom is -0.316 e. The van der Waals surface area contributed by atoms with Crippen molar-refractivity contribution in [3.63, 3.8) is 0 Å². The van der Waals surface area contributed by atoms with E-state index in [0.29, 0.717) is 6.04 Å². The van der Waals surface area contributed by atoms with Crippen LogP contribution in [0.1, 0.15) is 10.4 Å². The molecule has 1 aromatic heterocycles. The van der Waals surface area contributed by atoms with Crippen LogP contribution in [-0.2, 0) is 12.8 Å². The molecule has 1 heterocycles. The van der Waals surface area contributed by atoms with Crippen molar-refractivity contribution in [2.75, 3.05) is 7.05 Å². The zero-order chi connectivity index (χ0) is 12.1. The van der Waals surface area contributed by atoms with E-state index in [4.69, 9.17) is 0 Å². The first-order valence-corrected chi connectivity index (χ1v) is 6.60. The number of hydrogen-bond acceptors (Lipinski definition) is 2. The molecule has 0 saturated heterocycles. The topological polar surface area (TPSA) is 12.0 Å². The van der Waals surface area contributed by atoms with Crippen LogP contribution in [0.15, 0.2) is 41.8 Å². The number of thiophene rings is 1. The summed E-state index contributed by atoms with van der Waals surface area (Å²) in [5, 5.41) is 5.38. The standard InChI is InChI=1S/C14H16FNS/c1-16-13(10-14-6-3-7-17-14)9-11-4-2-5-12(15)8-11/h2-8,13,16H,9-10H2,1H3. The van der Waals surface area contributed by atoms with Crippen molar-refractivity contribution in [2.45, 2.75) is 18.9 Å². The van der Waals surface area contributed by atoms with Crippen molar-refractivity contribution in [3.8, 4) is 0 Å². The molecule has 0 spiro atoms. The Labute approximate surface area is 105 Å². The largest absolute Gasteiger partial charge is 0.316 e. The molecule has 1 atom stereocenters. The van der Waals surface area contributed by atoms with Crippen LogP contribution in [0.4, 0.5) is 4.39 Å². The van der Waals surface area contributed by atoms with E-state index < -0.39 is 0 Å². The Hall–Kier alpha value is -1.19. The maximum Gasteiger partial charge on any atom is 0.123 e. The predicted molar refractivity (Wildman–Crippen MR) is 71.0 cm³/mol. The molecule has 0 aliphatic rings. The average Bonchev–Trinajstić information content (AvgIpc) is 2.81. The average molecular weight is 249 g/mol. The lowest BCUT2D eigenvalue weighted by molar-refractivity contribution is 0.556. The fraction of sp³-hybridized carbons (Fsp3) is 0.286. The third kappa shape index (κ3) is 3.65. The Morgan fingerprint density at radius 2 is 2.12 bits per heavy atom. The normalized spacial score (nSPS) is 12.6. The minimum absolute atomic E-state index is 0.159. The van der Waals surface area contributed by atoms with Gasteiger partial charge in [-0.25, -0.2) is 4.39 Å². The lowest BCUT2D eigenvalue weighted by Gasteiger charge is -2.15. The molecule has 0 aliphatic heterocycles. The molecular weight excluding hydrogens is 233 g/mol. The van der Waals surface area contributed by atoms with Crippen molar-refractivity contribution in [1.82, 2.24) is 5.32 Å². The van der Waals surface area contributed by atoms with Gasteiger partial charge in [-0.15, -0.1) is 11.3 Å². The van der Waals surface area contributed by atoms with Crippen LogP contribution in [0, 0.1) is 5.82 Å². The molecule has 1 N–H and O–H groups in total. The Morgan fingerprint density at radius 1 is 1.24 bits per heavy atom. The van der Waals surface area contributed by atoms with Gasteiger partial charge in [0.05, 0.1) is 0 Å². The van der Waals surface area contributed by atoms with Crippen molar-refractivity contribution in [3.05, 3.63) is 58.0 Å². The Kier molecular flexibility index (Phi) is 4.29. The summed E-state index contributed by atoms with van der Waals surface area (Å²) in [5.41, 5.74) is 1.04. The lowest BCUT2D eigenvalue weighted by atomic mass is 10.0. The summed E-state index contributed by atoms with van der Waals surface area (Å²) in [6.07, 6.45) is 1.84. The molecule has 3 heteroatoms. The van der Waals surface area contributed by atoms with E-state index in [0.717, 1.165) is 18.4 Å². The Balaban J connectivity index is 2.00. The van der Waals surface area contributed by atoms with Gasteiger partial charge in [0.25, 0.3) is 0 Å². The number of nitrogens with one attached hydrogen (secondary N) is 1. The number of rotatable bonds is 5. The van der Waals surface area contributed by atoms with E-state index in [1.54, 1.807) is 23.5 Å². The summed E-state index contributed by atoms with van der Waals surface area (Å²) in [6.45, 7) is 0. The summed E-state index contributed by atoms with van der Waals surface area (Å²) >= 11 is 1.77. The van der Waals surface area contributed by atoms with Crippen LogP contribution in [0.5, 0.6) is 0 Å². The predicted octanol–water partition coefficient (Wildman–Crippen LogP) is 3.26. The highest BCUT2D eigenvalue weighted by Gasteiger charge is 2.09. The Bertz CT molecular complexity index is 453. The number of likely N-dealkylation sites (N-methyl/N-ethyl adjacent to an activating group) is 1. The summed E-state index contributed by atoms with van der Waals surface area (Å²) in [7, 11) is 1.96. The summed E-state index contributed by atoms with van der Waals surface area (Å²) in [4.78, 5) is 1.36. The second kappa shape index (κ2) is 5.94. The zero-order valence-corrected chi connectivity index (χ0v) is 10.6. The molecule has 1 nitrogen and oxygen atoms in total. The summed E-state index contributed by atoms with van der Waals surface area (Å²) < 4.78 is 13.1. The van der Waals surface area contributed by atoms with E-state index in [-0.39, 0.29) is 5.82 Å². The fourth-order valence-electron chi connectivity index (χ4n) is 1.90. The minimum atomic E-state index is -0.159. The van der Waals surface area contributed by atoms with Crippen molar-refractivity contribution in [2.24, 2.45) is 0 Å². The van der Waals surface area contributed by atoms with Gasteiger partial charge >= 0.3 is 0 Å². The van der Waals surface area contributed by atoms with Crippen LogP contribution < -0.4 is 5.32 Å². The first-order valence-electron chi connectivity index (χ1n) is 5.72. The number of halogens is 1. The third-order valence-electron chi connectivity index (χ3n) is 2.81. The highest BCUT2D eigenvalue weighted by Crippen LogP contribution is 2.14.